The minimum atomic E-state index is -1.31. The van der Waals surface area contributed by atoms with Crippen molar-refractivity contribution >= 4 is 52.4 Å². The van der Waals surface area contributed by atoms with E-state index in [1.54, 1.807) is 0 Å². The summed E-state index contributed by atoms with van der Waals surface area (Å²) in [6, 6.07) is 0.0262. The summed E-state index contributed by atoms with van der Waals surface area (Å²) in [5.74, 6) is -3.16. The predicted octanol–water partition coefficient (Wildman–Crippen LogP) is 2.10. The lowest BCUT2D eigenvalue weighted by atomic mass is 10.1. The number of hydrogen-bond donors (Lipinski definition) is 3. The fourth-order valence-corrected chi connectivity index (χ4v) is 2.71. The van der Waals surface area contributed by atoms with Crippen molar-refractivity contribution in [3.8, 4) is 0 Å². The molecule has 0 fully saturated rings. The van der Waals surface area contributed by atoms with Crippen LogP contribution >= 0.6 is 34.5 Å². The van der Waals surface area contributed by atoms with Crippen LogP contribution in [0.25, 0.3) is 0 Å². The molecule has 0 aromatic carbocycles. The van der Waals surface area contributed by atoms with Crippen LogP contribution in [0.2, 0.25) is 8.67 Å². The van der Waals surface area contributed by atoms with Gasteiger partial charge in [-0.2, -0.15) is 0 Å². The van der Waals surface area contributed by atoms with Crippen LogP contribution in [0.4, 0.5) is 0 Å². The maximum Gasteiger partial charge on any atom is 0.326 e. The van der Waals surface area contributed by atoms with Crippen molar-refractivity contribution in [2.75, 3.05) is 0 Å². The number of rotatable bonds is 6. The zero-order valence-electron chi connectivity index (χ0n) is 9.35. The Morgan fingerprint density at radius 3 is 2.37 bits per heavy atom. The van der Waals surface area contributed by atoms with E-state index in [-0.39, 0.29) is 22.7 Å². The zero-order chi connectivity index (χ0) is 14.6. The molecule has 1 atom stereocenters. The van der Waals surface area contributed by atoms with Crippen molar-refractivity contribution in [3.05, 3.63) is 20.3 Å². The summed E-state index contributed by atoms with van der Waals surface area (Å²) in [5.41, 5.74) is 0.0678. The molecule has 19 heavy (non-hydrogen) atoms. The van der Waals surface area contributed by atoms with Gasteiger partial charge in [0.05, 0.1) is 9.90 Å². The molecule has 1 heterocycles. The lowest BCUT2D eigenvalue weighted by molar-refractivity contribution is -0.140. The van der Waals surface area contributed by atoms with Gasteiger partial charge in [0.2, 0.25) is 0 Å². The highest BCUT2D eigenvalue weighted by Crippen LogP contribution is 2.31. The average molecular weight is 326 g/mol. The topological polar surface area (TPSA) is 104 Å². The maximum absolute atomic E-state index is 11.8. The summed E-state index contributed by atoms with van der Waals surface area (Å²) >= 11 is 12.4. The molecule has 0 aliphatic carbocycles. The fraction of sp³-hybridized carbons (Fsp3) is 0.300. The monoisotopic (exact) mass is 325 g/mol. The van der Waals surface area contributed by atoms with Crippen molar-refractivity contribution in [2.24, 2.45) is 0 Å². The smallest absolute Gasteiger partial charge is 0.326 e. The molecule has 0 bridgehead atoms. The molecule has 0 radical (unpaired) electrons. The van der Waals surface area contributed by atoms with Gasteiger partial charge < -0.3 is 15.5 Å². The first kappa shape index (κ1) is 15.7. The van der Waals surface area contributed by atoms with Gasteiger partial charge in [-0.1, -0.05) is 23.2 Å². The Balaban J connectivity index is 2.74. The number of halogens is 2. The third-order valence-corrected chi connectivity index (χ3v) is 3.64. The summed E-state index contributed by atoms with van der Waals surface area (Å²) < 4.78 is 0.442. The van der Waals surface area contributed by atoms with E-state index in [0.29, 0.717) is 4.34 Å². The summed E-state index contributed by atoms with van der Waals surface area (Å²) in [6.45, 7) is 0. The van der Waals surface area contributed by atoms with Gasteiger partial charge in [-0.25, -0.2) is 4.79 Å². The first-order valence-corrected chi connectivity index (χ1v) is 6.58. The lowest BCUT2D eigenvalue weighted by Gasteiger charge is -2.12. The Morgan fingerprint density at radius 1 is 1.32 bits per heavy atom. The second-order valence-corrected chi connectivity index (χ2v) is 5.82. The Kier molecular flexibility index (Phi) is 5.59. The van der Waals surface area contributed by atoms with Crippen LogP contribution in [0.15, 0.2) is 6.07 Å². The van der Waals surface area contributed by atoms with E-state index in [0.717, 1.165) is 11.3 Å². The SMILES string of the molecule is O=C(O)CCC(NC(=O)c1cc(Cl)sc1Cl)C(=O)O. The maximum atomic E-state index is 11.8. The third kappa shape index (κ3) is 4.70. The first-order chi connectivity index (χ1) is 8.81. The van der Waals surface area contributed by atoms with E-state index in [4.69, 9.17) is 33.4 Å². The largest absolute Gasteiger partial charge is 0.481 e. The number of amides is 1. The lowest BCUT2D eigenvalue weighted by Crippen LogP contribution is -2.41. The Hall–Kier alpha value is -1.31. The third-order valence-electron chi connectivity index (χ3n) is 2.15. The van der Waals surface area contributed by atoms with Crippen LogP contribution in [0.1, 0.15) is 23.2 Å². The highest BCUT2D eigenvalue weighted by atomic mass is 35.5. The van der Waals surface area contributed by atoms with Crippen molar-refractivity contribution in [1.29, 1.82) is 0 Å². The average Bonchev–Trinajstić information content (AvgIpc) is 2.62. The predicted molar refractivity (Wildman–Crippen MR) is 70.1 cm³/mol. The van der Waals surface area contributed by atoms with Gasteiger partial charge in [0.1, 0.15) is 10.4 Å². The second-order valence-electron chi connectivity index (χ2n) is 3.53. The molecular formula is C10H9Cl2NO5S. The van der Waals surface area contributed by atoms with Crippen LogP contribution in [-0.2, 0) is 9.59 Å². The summed E-state index contributed by atoms with van der Waals surface area (Å²) in [4.78, 5) is 33.1. The molecule has 1 amide bonds. The Morgan fingerprint density at radius 2 is 1.95 bits per heavy atom. The molecule has 3 N–H and O–H groups in total. The van der Waals surface area contributed by atoms with Crippen LogP contribution in [0.5, 0.6) is 0 Å². The molecule has 6 nitrogen and oxygen atoms in total. The molecule has 1 unspecified atom stereocenters. The Bertz CT molecular complexity index is 516. The van der Waals surface area contributed by atoms with E-state index in [2.05, 4.69) is 5.32 Å². The van der Waals surface area contributed by atoms with E-state index in [1.807, 2.05) is 0 Å². The minimum Gasteiger partial charge on any atom is -0.481 e. The van der Waals surface area contributed by atoms with Gasteiger partial charge in [-0.05, 0) is 12.5 Å². The minimum absolute atomic E-state index is 0.0678. The summed E-state index contributed by atoms with van der Waals surface area (Å²) in [6.07, 6.45) is -0.582. The van der Waals surface area contributed by atoms with E-state index >= 15 is 0 Å². The van der Waals surface area contributed by atoms with E-state index in [1.165, 1.54) is 6.07 Å². The van der Waals surface area contributed by atoms with Crippen molar-refractivity contribution < 1.29 is 24.6 Å². The molecule has 0 spiro atoms. The molecule has 104 valence electrons. The number of thiophene rings is 1. The Labute approximate surface area is 121 Å². The molecule has 0 saturated heterocycles. The van der Waals surface area contributed by atoms with Crippen LogP contribution in [0, 0.1) is 0 Å². The van der Waals surface area contributed by atoms with Gasteiger partial charge in [0.25, 0.3) is 5.91 Å². The fourth-order valence-electron chi connectivity index (χ4n) is 1.26. The number of hydrogen-bond acceptors (Lipinski definition) is 4. The zero-order valence-corrected chi connectivity index (χ0v) is 11.7. The molecule has 1 aromatic heterocycles. The number of aliphatic carboxylic acids is 2. The van der Waals surface area contributed by atoms with E-state index in [9.17, 15) is 14.4 Å². The summed E-state index contributed by atoms with van der Waals surface area (Å²) in [5, 5.41) is 19.6. The van der Waals surface area contributed by atoms with Crippen LogP contribution in [-0.4, -0.2) is 34.1 Å². The molecule has 1 aromatic rings. The normalized spacial score (nSPS) is 11.9. The van der Waals surface area contributed by atoms with Crippen LogP contribution in [0.3, 0.4) is 0 Å². The second kappa shape index (κ2) is 6.74. The quantitative estimate of drug-likeness (QED) is 0.743. The molecule has 1 rings (SSSR count). The number of carboxylic acids is 2. The highest BCUT2D eigenvalue weighted by Gasteiger charge is 2.23. The molecule has 0 saturated carbocycles. The summed E-state index contributed by atoms with van der Waals surface area (Å²) in [7, 11) is 0. The molecule has 0 aliphatic rings. The van der Waals surface area contributed by atoms with Gasteiger partial charge in [0.15, 0.2) is 0 Å². The first-order valence-electron chi connectivity index (χ1n) is 5.01. The highest BCUT2D eigenvalue weighted by molar-refractivity contribution is 7.20. The van der Waals surface area contributed by atoms with Crippen molar-refractivity contribution in [2.45, 2.75) is 18.9 Å². The van der Waals surface area contributed by atoms with Gasteiger partial charge in [-0.15, -0.1) is 11.3 Å². The number of carboxylic acid groups (broad SMARTS) is 2. The van der Waals surface area contributed by atoms with Crippen LogP contribution < -0.4 is 5.32 Å². The van der Waals surface area contributed by atoms with Gasteiger partial charge >= 0.3 is 11.9 Å². The van der Waals surface area contributed by atoms with E-state index < -0.39 is 23.9 Å². The number of carbonyl (C=O) groups excluding carboxylic acids is 1. The van der Waals surface area contributed by atoms with Crippen molar-refractivity contribution in [3.63, 3.8) is 0 Å². The molecular weight excluding hydrogens is 317 g/mol. The standard InChI is InChI=1S/C10H9Cl2NO5S/c11-6-3-4(8(12)19-6)9(16)13-5(10(17)18)1-2-7(14)15/h3,5H,1-2H2,(H,13,16)(H,14,15)(H,17,18). The van der Waals surface area contributed by atoms with Gasteiger partial charge in [0, 0.05) is 6.42 Å². The number of carbonyl (C=O) groups is 3. The van der Waals surface area contributed by atoms with Crippen molar-refractivity contribution in [1.82, 2.24) is 5.32 Å². The van der Waals surface area contributed by atoms with Gasteiger partial charge in [-0.3, -0.25) is 9.59 Å². The number of nitrogens with one attached hydrogen (secondary N) is 1. The molecule has 9 heteroatoms. The molecule has 0 aliphatic heterocycles.